The van der Waals surface area contributed by atoms with Gasteiger partial charge in [0.25, 0.3) is 0 Å². The van der Waals surface area contributed by atoms with Crippen molar-refractivity contribution in [1.82, 2.24) is 0 Å². The van der Waals surface area contributed by atoms with Gasteiger partial charge >= 0.3 is 11.9 Å². The molecule has 0 aliphatic rings. The second-order valence-electron chi connectivity index (χ2n) is 7.20. The lowest BCUT2D eigenvalue weighted by Crippen LogP contribution is -2.12. The minimum atomic E-state index is -0.619. The summed E-state index contributed by atoms with van der Waals surface area (Å²) in [7, 11) is 0. The van der Waals surface area contributed by atoms with Crippen LogP contribution in [0.1, 0.15) is 65.2 Å². The quantitative estimate of drug-likeness (QED) is 0.246. The van der Waals surface area contributed by atoms with Gasteiger partial charge in [-0.15, -0.1) is 22.7 Å². The van der Waals surface area contributed by atoms with Gasteiger partial charge in [0.05, 0.1) is 13.2 Å². The number of rotatable bonds is 8. The molecule has 3 aromatic rings. The number of nitrogens with zero attached hydrogens (tertiary/aromatic N) is 2. The fraction of sp³-hybridized carbons (Fsp3) is 0.333. The fourth-order valence-electron chi connectivity index (χ4n) is 2.95. The van der Waals surface area contributed by atoms with E-state index in [1.54, 1.807) is 49.0 Å². The van der Waals surface area contributed by atoms with Crippen molar-refractivity contribution in [2.24, 2.45) is 9.98 Å². The van der Waals surface area contributed by atoms with E-state index in [4.69, 9.17) is 9.47 Å². The molecular formula is C24H26N2O4S3. The third-order valence-corrected chi connectivity index (χ3v) is 8.00. The zero-order chi connectivity index (χ0) is 24.1. The first kappa shape index (κ1) is 25.0. The first-order chi connectivity index (χ1) is 15.7. The fourth-order valence-corrected chi connectivity index (χ4v) is 5.75. The summed E-state index contributed by atoms with van der Waals surface area (Å²) in [5, 5.41) is 0.733. The Morgan fingerprint density at radius 1 is 0.758 bits per heavy atom. The van der Waals surface area contributed by atoms with Crippen molar-refractivity contribution in [1.29, 1.82) is 0 Å². The van der Waals surface area contributed by atoms with Gasteiger partial charge in [-0.05, 0) is 64.8 Å². The second kappa shape index (κ2) is 11.0. The number of hydrogen-bond acceptors (Lipinski definition) is 9. The number of thiophene rings is 3. The lowest BCUT2D eigenvalue weighted by Gasteiger charge is -2.05. The number of carbonyl (C=O) groups is 2. The van der Waals surface area contributed by atoms with Crippen LogP contribution in [-0.4, -0.2) is 37.6 Å². The molecule has 0 atom stereocenters. The summed E-state index contributed by atoms with van der Waals surface area (Å²) < 4.78 is 10.5. The lowest BCUT2D eigenvalue weighted by atomic mass is 10.1. The van der Waals surface area contributed by atoms with Crippen LogP contribution in [0.2, 0.25) is 0 Å². The molecule has 0 N–H and O–H groups in total. The first-order valence-corrected chi connectivity index (χ1v) is 12.9. The molecule has 0 saturated carbocycles. The summed E-state index contributed by atoms with van der Waals surface area (Å²) >= 11 is 4.39. The Morgan fingerprint density at radius 2 is 1.15 bits per heavy atom. The van der Waals surface area contributed by atoms with E-state index in [9.17, 15) is 9.59 Å². The van der Waals surface area contributed by atoms with Crippen molar-refractivity contribution in [3.05, 3.63) is 53.9 Å². The average Bonchev–Trinajstić information content (AvgIpc) is 3.40. The predicted octanol–water partition coefficient (Wildman–Crippen LogP) is 6.96. The topological polar surface area (TPSA) is 77.3 Å². The Bertz CT molecular complexity index is 1100. The van der Waals surface area contributed by atoms with E-state index in [2.05, 4.69) is 9.98 Å². The van der Waals surface area contributed by atoms with Crippen LogP contribution < -0.4 is 0 Å². The molecule has 0 aromatic carbocycles. The number of hydrogen-bond donors (Lipinski definition) is 0. The smallest absolute Gasteiger partial charge is 0.342 e. The highest BCUT2D eigenvalue weighted by atomic mass is 32.1. The first-order valence-electron chi connectivity index (χ1n) is 10.5. The van der Waals surface area contributed by atoms with Crippen LogP contribution in [0.15, 0.2) is 22.1 Å². The molecule has 3 heterocycles. The maximum Gasteiger partial charge on any atom is 0.342 e. The van der Waals surface area contributed by atoms with Crippen molar-refractivity contribution in [3.63, 3.8) is 0 Å². The highest BCUT2D eigenvalue weighted by molar-refractivity contribution is 7.20. The molecule has 3 rings (SSSR count). The van der Waals surface area contributed by atoms with E-state index >= 15 is 0 Å². The standard InChI is InChI=1S/C24H26N2O4S3/c1-7-29-23(27)19-20(24(28)30-8-2)22(26-12-18-10-14(4)16(6)32-18)33-21(19)25-11-17-9-13(3)15(5)31-17/h9-12H,7-8H2,1-6H3/b25-11+,26-12+. The van der Waals surface area contributed by atoms with E-state index in [0.29, 0.717) is 10.0 Å². The maximum atomic E-state index is 12.9. The Labute approximate surface area is 205 Å². The summed E-state index contributed by atoms with van der Waals surface area (Å²) in [6.45, 7) is 12.0. The van der Waals surface area contributed by atoms with Gasteiger partial charge in [-0.3, -0.25) is 0 Å². The third-order valence-electron chi connectivity index (χ3n) is 4.82. The average molecular weight is 503 g/mol. The third kappa shape index (κ3) is 5.85. The number of ether oxygens (including phenoxy) is 2. The SMILES string of the molecule is CCOC(=O)c1c(/N=C/c2cc(C)c(C)s2)sc(/N=C/c2cc(C)c(C)s2)c1C(=O)OCC. The van der Waals surface area contributed by atoms with E-state index < -0.39 is 11.9 Å². The molecule has 0 aliphatic heterocycles. The van der Waals surface area contributed by atoms with Crippen LogP contribution in [0.3, 0.4) is 0 Å². The van der Waals surface area contributed by atoms with Gasteiger partial charge in [0.2, 0.25) is 0 Å². The zero-order valence-corrected chi connectivity index (χ0v) is 21.9. The number of esters is 2. The molecule has 9 heteroatoms. The highest BCUT2D eigenvalue weighted by Crippen LogP contribution is 2.42. The van der Waals surface area contributed by atoms with Crippen molar-refractivity contribution < 1.29 is 19.1 Å². The normalized spacial score (nSPS) is 11.6. The predicted molar refractivity (Wildman–Crippen MR) is 138 cm³/mol. The van der Waals surface area contributed by atoms with Gasteiger partial charge in [0, 0.05) is 31.9 Å². The molecule has 0 spiro atoms. The van der Waals surface area contributed by atoms with Crippen LogP contribution in [0.5, 0.6) is 0 Å². The largest absolute Gasteiger partial charge is 0.462 e. The Kier molecular flexibility index (Phi) is 8.34. The highest BCUT2D eigenvalue weighted by Gasteiger charge is 2.30. The van der Waals surface area contributed by atoms with E-state index in [0.717, 1.165) is 9.75 Å². The van der Waals surface area contributed by atoms with Crippen LogP contribution in [0.4, 0.5) is 10.0 Å². The maximum absolute atomic E-state index is 12.9. The van der Waals surface area contributed by atoms with Gasteiger partial charge in [0.1, 0.15) is 21.1 Å². The van der Waals surface area contributed by atoms with Crippen LogP contribution in [0.25, 0.3) is 0 Å². The van der Waals surface area contributed by atoms with Crippen molar-refractivity contribution >= 4 is 68.4 Å². The number of carbonyl (C=O) groups excluding carboxylic acids is 2. The van der Waals surface area contributed by atoms with Crippen LogP contribution in [-0.2, 0) is 9.47 Å². The molecule has 0 radical (unpaired) electrons. The van der Waals surface area contributed by atoms with Crippen molar-refractivity contribution in [2.45, 2.75) is 41.5 Å². The minimum Gasteiger partial charge on any atom is -0.462 e. The van der Waals surface area contributed by atoms with Gasteiger partial charge in [-0.1, -0.05) is 11.3 Å². The molecule has 174 valence electrons. The van der Waals surface area contributed by atoms with Gasteiger partial charge < -0.3 is 9.47 Å². The van der Waals surface area contributed by atoms with Gasteiger partial charge in [-0.25, -0.2) is 19.6 Å². The molecule has 0 saturated heterocycles. The molecule has 0 aliphatic carbocycles. The molecule has 0 fully saturated rings. The van der Waals surface area contributed by atoms with E-state index in [1.165, 1.54) is 32.2 Å². The van der Waals surface area contributed by atoms with Crippen LogP contribution in [0, 0.1) is 27.7 Å². The van der Waals surface area contributed by atoms with Gasteiger partial charge in [-0.2, -0.15) is 0 Å². The summed E-state index contributed by atoms with van der Waals surface area (Å²) in [4.78, 5) is 39.1. The molecule has 0 amide bonds. The van der Waals surface area contributed by atoms with Crippen molar-refractivity contribution in [3.8, 4) is 0 Å². The van der Waals surface area contributed by atoms with Crippen molar-refractivity contribution in [2.75, 3.05) is 13.2 Å². The Hall–Kier alpha value is -2.62. The summed E-state index contributed by atoms with van der Waals surface area (Å²) in [5.74, 6) is -1.24. The molecule has 33 heavy (non-hydrogen) atoms. The molecular weight excluding hydrogens is 476 g/mol. The van der Waals surface area contributed by atoms with E-state index in [-0.39, 0.29) is 24.3 Å². The molecule has 0 bridgehead atoms. The summed E-state index contributed by atoms with van der Waals surface area (Å²) in [6.07, 6.45) is 3.40. The lowest BCUT2D eigenvalue weighted by molar-refractivity contribution is 0.0481. The number of aryl methyl sites for hydroxylation is 4. The Morgan fingerprint density at radius 3 is 1.45 bits per heavy atom. The zero-order valence-electron chi connectivity index (χ0n) is 19.5. The monoisotopic (exact) mass is 502 g/mol. The van der Waals surface area contributed by atoms with Crippen LogP contribution >= 0.6 is 34.0 Å². The Balaban J connectivity index is 2.12. The minimum absolute atomic E-state index is 0.0900. The number of aliphatic imine (C=N–C) groups is 2. The summed E-state index contributed by atoms with van der Waals surface area (Å²) in [5.41, 5.74) is 2.54. The van der Waals surface area contributed by atoms with Gasteiger partial charge in [0.15, 0.2) is 0 Å². The molecule has 0 unspecified atom stereocenters. The molecule has 6 nitrogen and oxygen atoms in total. The second-order valence-corrected chi connectivity index (χ2v) is 10.7. The van der Waals surface area contributed by atoms with E-state index in [1.807, 2.05) is 39.8 Å². The molecule has 3 aromatic heterocycles. The summed E-state index contributed by atoms with van der Waals surface area (Å²) in [6, 6.07) is 4.07.